The molecular weight excluding hydrogens is 372 g/mol. The van der Waals surface area contributed by atoms with E-state index in [1.807, 2.05) is 30.3 Å². The number of hydrogen-bond donors (Lipinski definition) is 1. The summed E-state index contributed by atoms with van der Waals surface area (Å²) >= 11 is 6.22. The third-order valence-corrected chi connectivity index (χ3v) is 5.63. The molecule has 1 N–H and O–H groups in total. The summed E-state index contributed by atoms with van der Waals surface area (Å²) in [6.45, 7) is 3.21. The Kier molecular flexibility index (Phi) is 5.38. The lowest BCUT2D eigenvalue weighted by Crippen LogP contribution is -2.38. The molecule has 1 atom stereocenters. The van der Waals surface area contributed by atoms with Crippen LogP contribution in [-0.2, 0) is 0 Å². The van der Waals surface area contributed by atoms with Gasteiger partial charge in [-0.05, 0) is 62.7 Å². The second-order valence-corrected chi connectivity index (χ2v) is 8.14. The van der Waals surface area contributed by atoms with E-state index < -0.39 is 0 Å². The number of aromatic hydroxyl groups is 1. The van der Waals surface area contributed by atoms with Gasteiger partial charge in [0, 0.05) is 30.5 Å². The van der Waals surface area contributed by atoms with Crippen molar-refractivity contribution in [2.24, 2.45) is 5.92 Å². The van der Waals surface area contributed by atoms with Gasteiger partial charge in [-0.3, -0.25) is 0 Å². The SMILES string of the molecule is CN1CCCC(CN(C)c2nc(-c3ccccc3O)nc3cc(Cl)ccc23)C1. The lowest BCUT2D eigenvalue weighted by Gasteiger charge is -2.33. The number of nitrogens with zero attached hydrogens (tertiary/aromatic N) is 4. The van der Waals surface area contributed by atoms with Crippen molar-refractivity contribution in [3.63, 3.8) is 0 Å². The molecule has 3 aromatic rings. The molecule has 28 heavy (non-hydrogen) atoms. The monoisotopic (exact) mass is 396 g/mol. The minimum absolute atomic E-state index is 0.173. The minimum atomic E-state index is 0.173. The fourth-order valence-electron chi connectivity index (χ4n) is 4.06. The quantitative estimate of drug-likeness (QED) is 0.706. The average molecular weight is 397 g/mol. The van der Waals surface area contributed by atoms with Crippen molar-refractivity contribution in [2.45, 2.75) is 12.8 Å². The highest BCUT2D eigenvalue weighted by molar-refractivity contribution is 6.31. The average Bonchev–Trinajstić information content (AvgIpc) is 2.67. The summed E-state index contributed by atoms with van der Waals surface area (Å²) in [6.07, 6.45) is 2.47. The normalized spacial score (nSPS) is 17.8. The molecule has 5 nitrogen and oxygen atoms in total. The van der Waals surface area contributed by atoms with Crippen LogP contribution in [0.25, 0.3) is 22.3 Å². The van der Waals surface area contributed by atoms with Gasteiger partial charge < -0.3 is 14.9 Å². The fraction of sp³-hybridized carbons (Fsp3) is 0.364. The number of hydrogen-bond acceptors (Lipinski definition) is 5. The predicted molar refractivity (Wildman–Crippen MR) is 115 cm³/mol. The number of phenols is 1. The summed E-state index contributed by atoms with van der Waals surface area (Å²) in [5, 5.41) is 11.9. The van der Waals surface area contributed by atoms with E-state index in [1.54, 1.807) is 12.1 Å². The second-order valence-electron chi connectivity index (χ2n) is 7.70. The van der Waals surface area contributed by atoms with Crippen LogP contribution < -0.4 is 4.90 Å². The summed E-state index contributed by atoms with van der Waals surface area (Å²) in [4.78, 5) is 14.1. The van der Waals surface area contributed by atoms with Gasteiger partial charge in [0.2, 0.25) is 0 Å². The minimum Gasteiger partial charge on any atom is -0.507 e. The maximum atomic E-state index is 10.3. The predicted octanol–water partition coefficient (Wildman–Crippen LogP) is 4.43. The molecule has 1 saturated heterocycles. The van der Waals surface area contributed by atoms with Crippen LogP contribution in [0.15, 0.2) is 42.5 Å². The zero-order chi connectivity index (χ0) is 19.7. The molecule has 0 bridgehead atoms. The van der Waals surface area contributed by atoms with Crippen molar-refractivity contribution < 1.29 is 5.11 Å². The van der Waals surface area contributed by atoms with Crippen molar-refractivity contribution >= 4 is 28.3 Å². The summed E-state index contributed by atoms with van der Waals surface area (Å²) in [5.41, 5.74) is 1.40. The van der Waals surface area contributed by atoms with Crippen LogP contribution in [0.1, 0.15) is 12.8 Å². The maximum absolute atomic E-state index is 10.3. The van der Waals surface area contributed by atoms with E-state index in [0.29, 0.717) is 22.3 Å². The summed E-state index contributed by atoms with van der Waals surface area (Å²) in [5.74, 6) is 2.16. The van der Waals surface area contributed by atoms with Gasteiger partial charge in [-0.15, -0.1) is 0 Å². The number of phenolic OH excluding ortho intramolecular Hbond substituents is 1. The van der Waals surface area contributed by atoms with E-state index in [2.05, 4.69) is 28.9 Å². The molecule has 6 heteroatoms. The second kappa shape index (κ2) is 7.94. The lowest BCUT2D eigenvalue weighted by molar-refractivity contribution is 0.213. The Labute approximate surface area is 170 Å². The van der Waals surface area contributed by atoms with Crippen molar-refractivity contribution in [1.29, 1.82) is 0 Å². The fourth-order valence-corrected chi connectivity index (χ4v) is 4.22. The first-order valence-corrected chi connectivity index (χ1v) is 10.0. The summed E-state index contributed by atoms with van der Waals surface area (Å²) < 4.78 is 0. The number of rotatable bonds is 4. The molecule has 1 aliphatic rings. The Balaban J connectivity index is 1.76. The Morgan fingerprint density at radius 3 is 2.82 bits per heavy atom. The van der Waals surface area contributed by atoms with Gasteiger partial charge in [-0.1, -0.05) is 23.7 Å². The highest BCUT2D eigenvalue weighted by Crippen LogP contribution is 2.32. The largest absolute Gasteiger partial charge is 0.507 e. The first-order chi connectivity index (χ1) is 13.5. The molecule has 4 rings (SSSR count). The van der Waals surface area contributed by atoms with Gasteiger partial charge in [-0.2, -0.15) is 0 Å². The Morgan fingerprint density at radius 2 is 2.04 bits per heavy atom. The number of aromatic nitrogens is 2. The molecule has 1 fully saturated rings. The summed E-state index contributed by atoms with van der Waals surface area (Å²) in [6, 6.07) is 12.9. The third kappa shape index (κ3) is 3.91. The Bertz CT molecular complexity index is 993. The van der Waals surface area contributed by atoms with E-state index in [4.69, 9.17) is 16.6 Å². The highest BCUT2D eigenvalue weighted by atomic mass is 35.5. The van der Waals surface area contributed by atoms with E-state index >= 15 is 0 Å². The van der Waals surface area contributed by atoms with E-state index in [-0.39, 0.29) is 5.75 Å². The molecule has 2 heterocycles. The summed E-state index contributed by atoms with van der Waals surface area (Å²) in [7, 11) is 4.27. The van der Waals surface area contributed by atoms with E-state index in [1.165, 1.54) is 19.4 Å². The Morgan fingerprint density at radius 1 is 1.21 bits per heavy atom. The molecule has 1 unspecified atom stereocenters. The molecule has 146 valence electrons. The van der Waals surface area contributed by atoms with Crippen LogP contribution in [-0.4, -0.2) is 53.7 Å². The van der Waals surface area contributed by atoms with Crippen molar-refractivity contribution in [3.05, 3.63) is 47.5 Å². The van der Waals surface area contributed by atoms with Crippen LogP contribution in [0.3, 0.4) is 0 Å². The van der Waals surface area contributed by atoms with Crippen molar-refractivity contribution in [3.8, 4) is 17.1 Å². The van der Waals surface area contributed by atoms with Crippen LogP contribution >= 0.6 is 11.6 Å². The van der Waals surface area contributed by atoms with E-state index in [9.17, 15) is 5.11 Å². The van der Waals surface area contributed by atoms with Crippen LogP contribution in [0.2, 0.25) is 5.02 Å². The zero-order valence-electron chi connectivity index (χ0n) is 16.3. The maximum Gasteiger partial charge on any atom is 0.165 e. The number of para-hydroxylation sites is 1. The smallest absolute Gasteiger partial charge is 0.165 e. The van der Waals surface area contributed by atoms with Crippen LogP contribution in [0.5, 0.6) is 5.75 Å². The molecule has 1 aromatic heterocycles. The third-order valence-electron chi connectivity index (χ3n) is 5.40. The number of likely N-dealkylation sites (tertiary alicyclic amines) is 1. The standard InChI is InChI=1S/C22H25ClN4O/c1-26-11-5-6-15(13-26)14-27(2)22-17-10-9-16(23)12-19(17)24-21(25-22)18-7-3-4-8-20(18)28/h3-4,7-10,12,15,28H,5-6,11,13-14H2,1-2H3. The molecule has 0 amide bonds. The number of fused-ring (bicyclic) bond motifs is 1. The molecular formula is C22H25ClN4O. The zero-order valence-corrected chi connectivity index (χ0v) is 17.0. The van der Waals surface area contributed by atoms with Gasteiger partial charge >= 0.3 is 0 Å². The van der Waals surface area contributed by atoms with Crippen LogP contribution in [0.4, 0.5) is 5.82 Å². The van der Waals surface area contributed by atoms with Gasteiger partial charge in [0.25, 0.3) is 0 Å². The first kappa shape index (κ1) is 19.0. The number of anilines is 1. The number of halogens is 1. The molecule has 2 aromatic carbocycles. The molecule has 0 radical (unpaired) electrons. The molecule has 0 aliphatic carbocycles. The number of piperidine rings is 1. The lowest BCUT2D eigenvalue weighted by atomic mass is 9.98. The van der Waals surface area contributed by atoms with E-state index in [0.717, 1.165) is 29.8 Å². The van der Waals surface area contributed by atoms with Gasteiger partial charge in [0.15, 0.2) is 5.82 Å². The van der Waals surface area contributed by atoms with Crippen LogP contribution in [0, 0.1) is 5.92 Å². The number of benzene rings is 2. The van der Waals surface area contributed by atoms with Gasteiger partial charge in [0.05, 0.1) is 11.1 Å². The van der Waals surface area contributed by atoms with Gasteiger partial charge in [0.1, 0.15) is 11.6 Å². The molecule has 1 aliphatic heterocycles. The first-order valence-electron chi connectivity index (χ1n) is 9.66. The van der Waals surface area contributed by atoms with Crippen molar-refractivity contribution in [2.75, 3.05) is 38.6 Å². The molecule has 0 spiro atoms. The highest BCUT2D eigenvalue weighted by Gasteiger charge is 2.21. The topological polar surface area (TPSA) is 52.5 Å². The van der Waals surface area contributed by atoms with Gasteiger partial charge in [-0.25, -0.2) is 9.97 Å². The van der Waals surface area contributed by atoms with Crippen molar-refractivity contribution in [1.82, 2.24) is 14.9 Å². The molecule has 0 saturated carbocycles. The Hall–Kier alpha value is -2.37.